The maximum Gasteiger partial charge on any atom is 0.349 e. The molecule has 4 rings (SSSR count). The fourth-order valence-corrected chi connectivity index (χ4v) is 2.67. The molecule has 2 aromatic heterocycles. The van der Waals surface area contributed by atoms with Crippen molar-refractivity contribution in [2.24, 2.45) is 0 Å². The molecule has 0 atom stereocenters. The molecule has 128 valence electrons. The maximum absolute atomic E-state index is 12.4. The van der Waals surface area contributed by atoms with Crippen molar-refractivity contribution < 1.29 is 9.21 Å². The Morgan fingerprint density at radius 2 is 1.85 bits per heavy atom. The standard InChI is InChI=1S/C20H15N3O3/c24-19(17-10-15-6-4-5-9-18(15)26-20(17)25)21-11-14-12-22-23(13-14)16-7-2-1-3-8-16/h1-10,12-13H,11H2,(H,21,24). The second kappa shape index (κ2) is 6.68. The highest BCUT2D eigenvalue weighted by molar-refractivity contribution is 5.96. The molecule has 0 aliphatic rings. The van der Waals surface area contributed by atoms with Crippen LogP contribution in [0.25, 0.3) is 16.7 Å². The van der Waals surface area contributed by atoms with Gasteiger partial charge in [0.1, 0.15) is 11.1 Å². The highest BCUT2D eigenvalue weighted by Gasteiger charge is 2.13. The lowest BCUT2D eigenvalue weighted by atomic mass is 10.2. The molecular weight excluding hydrogens is 330 g/mol. The SMILES string of the molecule is O=C(NCc1cnn(-c2ccccc2)c1)c1cc2ccccc2oc1=O. The van der Waals surface area contributed by atoms with Gasteiger partial charge in [-0.3, -0.25) is 4.79 Å². The summed E-state index contributed by atoms with van der Waals surface area (Å²) in [4.78, 5) is 24.4. The van der Waals surface area contributed by atoms with Gasteiger partial charge in [-0.25, -0.2) is 9.48 Å². The molecule has 0 fully saturated rings. The van der Waals surface area contributed by atoms with Crippen molar-refractivity contribution >= 4 is 16.9 Å². The van der Waals surface area contributed by atoms with Crippen LogP contribution in [0, 0.1) is 0 Å². The number of hydrogen-bond acceptors (Lipinski definition) is 4. The number of para-hydroxylation sites is 2. The molecule has 0 aliphatic heterocycles. The molecule has 6 heteroatoms. The van der Waals surface area contributed by atoms with Crippen LogP contribution in [0.5, 0.6) is 0 Å². The molecule has 1 amide bonds. The molecule has 0 unspecified atom stereocenters. The van der Waals surface area contributed by atoms with E-state index in [0.717, 1.165) is 11.3 Å². The monoisotopic (exact) mass is 345 g/mol. The van der Waals surface area contributed by atoms with Gasteiger partial charge in [0, 0.05) is 23.7 Å². The summed E-state index contributed by atoms with van der Waals surface area (Å²) in [6.07, 6.45) is 3.51. The zero-order valence-corrected chi connectivity index (χ0v) is 13.8. The van der Waals surface area contributed by atoms with E-state index in [1.807, 2.05) is 42.6 Å². The molecule has 0 bridgehead atoms. The van der Waals surface area contributed by atoms with Crippen LogP contribution in [0.1, 0.15) is 15.9 Å². The van der Waals surface area contributed by atoms with Gasteiger partial charge in [0.15, 0.2) is 0 Å². The Morgan fingerprint density at radius 3 is 2.69 bits per heavy atom. The number of nitrogens with one attached hydrogen (secondary N) is 1. The van der Waals surface area contributed by atoms with Crippen molar-refractivity contribution in [1.29, 1.82) is 0 Å². The van der Waals surface area contributed by atoms with E-state index >= 15 is 0 Å². The molecule has 0 saturated carbocycles. The number of hydrogen-bond donors (Lipinski definition) is 1. The Labute approximate surface area is 148 Å². The average molecular weight is 345 g/mol. The van der Waals surface area contributed by atoms with Gasteiger partial charge in [-0.05, 0) is 24.3 Å². The summed E-state index contributed by atoms with van der Waals surface area (Å²) >= 11 is 0. The molecule has 4 aromatic rings. The van der Waals surface area contributed by atoms with Gasteiger partial charge in [-0.1, -0.05) is 36.4 Å². The third-order valence-electron chi connectivity index (χ3n) is 4.00. The van der Waals surface area contributed by atoms with E-state index in [4.69, 9.17) is 4.42 Å². The molecule has 1 N–H and O–H groups in total. The molecule has 2 heterocycles. The summed E-state index contributed by atoms with van der Waals surface area (Å²) in [7, 11) is 0. The number of carbonyl (C=O) groups is 1. The lowest BCUT2D eigenvalue weighted by Gasteiger charge is -2.04. The minimum Gasteiger partial charge on any atom is -0.422 e. The first-order chi connectivity index (χ1) is 12.7. The van der Waals surface area contributed by atoms with Gasteiger partial charge in [0.2, 0.25) is 0 Å². The summed E-state index contributed by atoms with van der Waals surface area (Å²) in [5.74, 6) is -0.475. The van der Waals surface area contributed by atoms with E-state index in [2.05, 4.69) is 10.4 Å². The first kappa shape index (κ1) is 15.8. The van der Waals surface area contributed by atoms with E-state index in [0.29, 0.717) is 11.0 Å². The van der Waals surface area contributed by atoms with Crippen LogP contribution in [0.15, 0.2) is 82.3 Å². The molecule has 0 radical (unpaired) electrons. The summed E-state index contributed by atoms with van der Waals surface area (Å²) < 4.78 is 6.92. The van der Waals surface area contributed by atoms with Crippen molar-refractivity contribution in [2.45, 2.75) is 6.54 Å². The normalized spacial score (nSPS) is 10.8. The Bertz CT molecular complexity index is 1130. The fraction of sp³-hybridized carbons (Fsp3) is 0.0500. The van der Waals surface area contributed by atoms with Crippen LogP contribution in [-0.2, 0) is 6.54 Å². The highest BCUT2D eigenvalue weighted by Crippen LogP contribution is 2.13. The molecule has 0 aliphatic carbocycles. The summed E-state index contributed by atoms with van der Waals surface area (Å²) in [5, 5.41) is 7.72. The van der Waals surface area contributed by atoms with Crippen LogP contribution in [0.4, 0.5) is 0 Å². The maximum atomic E-state index is 12.4. The summed E-state index contributed by atoms with van der Waals surface area (Å²) in [6.45, 7) is 0.262. The number of amides is 1. The average Bonchev–Trinajstić information content (AvgIpc) is 3.15. The smallest absolute Gasteiger partial charge is 0.349 e. The number of fused-ring (bicyclic) bond motifs is 1. The minimum absolute atomic E-state index is 0.0147. The molecule has 2 aromatic carbocycles. The second-order valence-electron chi connectivity index (χ2n) is 5.80. The number of rotatable bonds is 4. The molecular formula is C20H15N3O3. The van der Waals surface area contributed by atoms with Gasteiger partial charge in [0.25, 0.3) is 5.91 Å². The van der Waals surface area contributed by atoms with Gasteiger partial charge in [-0.2, -0.15) is 5.10 Å². The number of benzene rings is 2. The lowest BCUT2D eigenvalue weighted by molar-refractivity contribution is 0.0947. The van der Waals surface area contributed by atoms with Crippen LogP contribution >= 0.6 is 0 Å². The van der Waals surface area contributed by atoms with Gasteiger partial charge >= 0.3 is 5.63 Å². The predicted octanol–water partition coefficient (Wildman–Crippen LogP) is 2.91. The van der Waals surface area contributed by atoms with Crippen molar-refractivity contribution in [1.82, 2.24) is 15.1 Å². The van der Waals surface area contributed by atoms with E-state index in [9.17, 15) is 9.59 Å². The minimum atomic E-state index is -0.652. The van der Waals surface area contributed by atoms with Crippen LogP contribution < -0.4 is 10.9 Å². The van der Waals surface area contributed by atoms with E-state index in [1.165, 1.54) is 0 Å². The predicted molar refractivity (Wildman–Crippen MR) is 97.2 cm³/mol. The Morgan fingerprint density at radius 1 is 1.08 bits per heavy atom. The molecule has 0 spiro atoms. The third-order valence-corrected chi connectivity index (χ3v) is 4.00. The first-order valence-electron chi connectivity index (χ1n) is 8.11. The van der Waals surface area contributed by atoms with Gasteiger partial charge in [0.05, 0.1) is 11.9 Å². The molecule has 26 heavy (non-hydrogen) atoms. The lowest BCUT2D eigenvalue weighted by Crippen LogP contribution is -2.27. The van der Waals surface area contributed by atoms with Crippen molar-refractivity contribution in [3.8, 4) is 5.69 Å². The van der Waals surface area contributed by atoms with E-state index in [1.54, 1.807) is 35.1 Å². The summed E-state index contributed by atoms with van der Waals surface area (Å²) in [5.41, 5.74) is 1.55. The zero-order chi connectivity index (χ0) is 17.9. The number of carbonyl (C=O) groups excluding carboxylic acids is 1. The number of nitrogens with zero attached hydrogens (tertiary/aromatic N) is 2. The topological polar surface area (TPSA) is 77.1 Å². The van der Waals surface area contributed by atoms with Crippen LogP contribution in [0.2, 0.25) is 0 Å². The summed E-state index contributed by atoms with van der Waals surface area (Å²) in [6, 6.07) is 18.3. The molecule has 6 nitrogen and oxygen atoms in total. The quantitative estimate of drug-likeness (QED) is 0.577. The van der Waals surface area contributed by atoms with Crippen molar-refractivity contribution in [3.05, 3.63) is 94.6 Å². The van der Waals surface area contributed by atoms with Gasteiger partial charge < -0.3 is 9.73 Å². The molecule has 0 saturated heterocycles. The Kier molecular flexibility index (Phi) is 4.07. The van der Waals surface area contributed by atoms with Crippen LogP contribution in [0.3, 0.4) is 0 Å². The van der Waals surface area contributed by atoms with E-state index < -0.39 is 11.5 Å². The Balaban J connectivity index is 1.50. The Hall–Kier alpha value is -3.67. The van der Waals surface area contributed by atoms with Crippen LogP contribution in [-0.4, -0.2) is 15.7 Å². The van der Waals surface area contributed by atoms with Crippen molar-refractivity contribution in [2.75, 3.05) is 0 Å². The second-order valence-corrected chi connectivity index (χ2v) is 5.80. The van der Waals surface area contributed by atoms with E-state index in [-0.39, 0.29) is 12.1 Å². The first-order valence-corrected chi connectivity index (χ1v) is 8.11. The fourth-order valence-electron chi connectivity index (χ4n) is 2.67. The number of aromatic nitrogens is 2. The highest BCUT2D eigenvalue weighted by atomic mass is 16.4. The van der Waals surface area contributed by atoms with Crippen molar-refractivity contribution in [3.63, 3.8) is 0 Å². The zero-order valence-electron chi connectivity index (χ0n) is 13.8. The third kappa shape index (κ3) is 3.12. The largest absolute Gasteiger partial charge is 0.422 e. The van der Waals surface area contributed by atoms with Gasteiger partial charge in [-0.15, -0.1) is 0 Å².